The van der Waals surface area contributed by atoms with Crippen LogP contribution in [0.5, 0.6) is 0 Å². The topological polar surface area (TPSA) is 24.9 Å². The summed E-state index contributed by atoms with van der Waals surface area (Å²) in [5.74, 6) is 2.33. The Morgan fingerprint density at radius 2 is 2.54 bits per heavy atom. The van der Waals surface area contributed by atoms with Crippen molar-refractivity contribution in [2.75, 3.05) is 16.8 Å². The van der Waals surface area contributed by atoms with Gasteiger partial charge in [-0.1, -0.05) is 0 Å². The van der Waals surface area contributed by atoms with E-state index in [4.69, 9.17) is 0 Å². The number of hydrogen-bond donors (Lipinski definition) is 1. The zero-order valence-corrected chi connectivity index (χ0v) is 7.98. The van der Waals surface area contributed by atoms with Gasteiger partial charge >= 0.3 is 0 Å². The smallest absolute Gasteiger partial charge is 0.165 e. The molecule has 1 unspecified atom stereocenters. The largest absolute Gasteiger partial charge is 0.364 e. The van der Waals surface area contributed by atoms with Crippen molar-refractivity contribution in [3.8, 4) is 0 Å². The average molecular weight is 198 g/mol. The maximum absolute atomic E-state index is 13.1. The normalized spacial score (nSPS) is 21.8. The average Bonchev–Trinajstić information content (AvgIpc) is 2.61. The minimum Gasteiger partial charge on any atom is -0.364 e. The highest BCUT2D eigenvalue weighted by atomic mass is 32.2. The molecular weight excluding hydrogens is 187 g/mol. The van der Waals surface area contributed by atoms with E-state index in [1.54, 1.807) is 12.3 Å². The molecule has 1 atom stereocenters. The van der Waals surface area contributed by atoms with E-state index in [9.17, 15) is 4.39 Å². The van der Waals surface area contributed by atoms with E-state index >= 15 is 0 Å². The molecule has 0 amide bonds. The summed E-state index contributed by atoms with van der Waals surface area (Å²) < 4.78 is 13.1. The highest BCUT2D eigenvalue weighted by Gasteiger charge is 2.16. The van der Waals surface area contributed by atoms with E-state index in [0.29, 0.717) is 11.9 Å². The molecule has 2 rings (SSSR count). The molecule has 70 valence electrons. The summed E-state index contributed by atoms with van der Waals surface area (Å²) in [6, 6.07) is 3.41. The van der Waals surface area contributed by atoms with E-state index in [1.807, 2.05) is 11.8 Å². The molecule has 0 bridgehead atoms. The number of aromatic nitrogens is 1. The summed E-state index contributed by atoms with van der Waals surface area (Å²) in [5, 5.41) is 3.10. The van der Waals surface area contributed by atoms with Crippen LogP contribution in [-0.4, -0.2) is 22.5 Å². The first-order chi connectivity index (χ1) is 6.36. The van der Waals surface area contributed by atoms with Gasteiger partial charge in [0.1, 0.15) is 0 Å². The Kier molecular flexibility index (Phi) is 2.68. The van der Waals surface area contributed by atoms with E-state index in [-0.39, 0.29) is 5.82 Å². The van der Waals surface area contributed by atoms with Crippen molar-refractivity contribution in [3.05, 3.63) is 24.1 Å². The molecule has 4 heteroatoms. The molecule has 1 aromatic heterocycles. The minimum absolute atomic E-state index is 0.264. The lowest BCUT2D eigenvalue weighted by Gasteiger charge is -2.11. The van der Waals surface area contributed by atoms with Crippen LogP contribution >= 0.6 is 11.8 Å². The van der Waals surface area contributed by atoms with Crippen LogP contribution in [0, 0.1) is 5.82 Å². The molecule has 1 aliphatic heterocycles. The third-order valence-corrected chi connectivity index (χ3v) is 3.19. The summed E-state index contributed by atoms with van der Waals surface area (Å²) in [4.78, 5) is 3.95. The van der Waals surface area contributed by atoms with Gasteiger partial charge in [-0.05, 0) is 24.3 Å². The molecule has 0 spiro atoms. The zero-order valence-electron chi connectivity index (χ0n) is 7.16. The number of nitrogens with one attached hydrogen (secondary N) is 1. The molecule has 0 radical (unpaired) electrons. The third kappa shape index (κ3) is 2.12. The Balaban J connectivity index is 2.04. The monoisotopic (exact) mass is 198 g/mol. The Labute approximate surface area is 80.9 Å². The molecular formula is C9H11FN2S. The van der Waals surface area contributed by atoms with Crippen LogP contribution in [0.2, 0.25) is 0 Å². The molecule has 1 aromatic rings. The summed E-state index contributed by atoms with van der Waals surface area (Å²) in [6.45, 7) is 0. The molecule has 0 aromatic carbocycles. The lowest BCUT2D eigenvalue weighted by Crippen LogP contribution is -2.19. The van der Waals surface area contributed by atoms with Gasteiger partial charge in [0.15, 0.2) is 11.6 Å². The first-order valence-electron chi connectivity index (χ1n) is 4.31. The van der Waals surface area contributed by atoms with Gasteiger partial charge < -0.3 is 5.32 Å². The van der Waals surface area contributed by atoms with Crippen molar-refractivity contribution in [3.63, 3.8) is 0 Å². The van der Waals surface area contributed by atoms with Crippen molar-refractivity contribution in [2.24, 2.45) is 0 Å². The number of thioether (sulfide) groups is 1. The van der Waals surface area contributed by atoms with Gasteiger partial charge in [-0.3, -0.25) is 0 Å². The lowest BCUT2D eigenvalue weighted by molar-refractivity contribution is 0.620. The molecule has 1 aliphatic rings. The Hall–Kier alpha value is -0.770. The minimum atomic E-state index is -0.264. The molecule has 1 N–H and O–H groups in total. The molecule has 0 saturated carbocycles. The van der Waals surface area contributed by atoms with Crippen LogP contribution in [0.15, 0.2) is 18.3 Å². The highest BCUT2D eigenvalue weighted by molar-refractivity contribution is 7.99. The number of nitrogens with zero attached hydrogens (tertiary/aromatic N) is 1. The molecule has 1 fully saturated rings. The molecule has 13 heavy (non-hydrogen) atoms. The van der Waals surface area contributed by atoms with Crippen molar-refractivity contribution >= 4 is 17.6 Å². The van der Waals surface area contributed by atoms with Crippen molar-refractivity contribution < 1.29 is 4.39 Å². The predicted molar refractivity (Wildman–Crippen MR) is 53.5 cm³/mol. The zero-order chi connectivity index (χ0) is 9.10. The summed E-state index contributed by atoms with van der Waals surface area (Å²) in [6.07, 6.45) is 2.70. The SMILES string of the molecule is Fc1cccnc1NC1CCSC1. The Morgan fingerprint density at radius 1 is 1.62 bits per heavy atom. The van der Waals surface area contributed by atoms with Gasteiger partial charge in [-0.15, -0.1) is 0 Å². The van der Waals surface area contributed by atoms with Crippen molar-refractivity contribution in [2.45, 2.75) is 12.5 Å². The van der Waals surface area contributed by atoms with Gasteiger partial charge in [0.05, 0.1) is 0 Å². The third-order valence-electron chi connectivity index (χ3n) is 2.03. The summed E-state index contributed by atoms with van der Waals surface area (Å²) >= 11 is 1.89. The van der Waals surface area contributed by atoms with Crippen LogP contribution in [0.4, 0.5) is 10.2 Å². The highest BCUT2D eigenvalue weighted by Crippen LogP contribution is 2.21. The van der Waals surface area contributed by atoms with Gasteiger partial charge in [-0.25, -0.2) is 9.37 Å². The number of halogens is 1. The maximum Gasteiger partial charge on any atom is 0.165 e. The van der Waals surface area contributed by atoms with Crippen LogP contribution < -0.4 is 5.32 Å². The van der Waals surface area contributed by atoms with Gasteiger partial charge in [-0.2, -0.15) is 11.8 Å². The van der Waals surface area contributed by atoms with Crippen molar-refractivity contribution in [1.82, 2.24) is 4.98 Å². The standard InChI is InChI=1S/C9H11FN2S/c10-8-2-1-4-11-9(8)12-7-3-5-13-6-7/h1-2,4,7H,3,5-6H2,(H,11,12). The van der Waals surface area contributed by atoms with Gasteiger partial charge in [0, 0.05) is 18.0 Å². The van der Waals surface area contributed by atoms with E-state index in [1.165, 1.54) is 6.07 Å². The number of hydrogen-bond acceptors (Lipinski definition) is 3. The van der Waals surface area contributed by atoms with E-state index in [2.05, 4.69) is 10.3 Å². The quantitative estimate of drug-likeness (QED) is 0.788. The maximum atomic E-state index is 13.1. The molecule has 0 aliphatic carbocycles. The van der Waals surface area contributed by atoms with Crippen LogP contribution in [-0.2, 0) is 0 Å². The second-order valence-electron chi connectivity index (χ2n) is 3.04. The molecule has 2 heterocycles. The predicted octanol–water partition coefficient (Wildman–Crippen LogP) is 2.14. The van der Waals surface area contributed by atoms with Gasteiger partial charge in [0.2, 0.25) is 0 Å². The van der Waals surface area contributed by atoms with E-state index < -0.39 is 0 Å². The second-order valence-corrected chi connectivity index (χ2v) is 4.19. The summed E-state index contributed by atoms with van der Waals surface area (Å²) in [7, 11) is 0. The molecule has 1 saturated heterocycles. The lowest BCUT2D eigenvalue weighted by atomic mass is 10.2. The van der Waals surface area contributed by atoms with E-state index in [0.717, 1.165) is 17.9 Å². The van der Waals surface area contributed by atoms with Crippen molar-refractivity contribution in [1.29, 1.82) is 0 Å². The number of pyridine rings is 1. The van der Waals surface area contributed by atoms with Crippen LogP contribution in [0.1, 0.15) is 6.42 Å². The van der Waals surface area contributed by atoms with Crippen LogP contribution in [0.25, 0.3) is 0 Å². The number of rotatable bonds is 2. The second kappa shape index (κ2) is 3.96. The molecule has 2 nitrogen and oxygen atoms in total. The Morgan fingerprint density at radius 3 is 3.23 bits per heavy atom. The fourth-order valence-corrected chi connectivity index (χ4v) is 2.49. The first kappa shape index (κ1) is 8.81. The fourth-order valence-electron chi connectivity index (χ4n) is 1.33. The fraction of sp³-hybridized carbons (Fsp3) is 0.444. The first-order valence-corrected chi connectivity index (χ1v) is 5.46. The van der Waals surface area contributed by atoms with Gasteiger partial charge in [0.25, 0.3) is 0 Å². The van der Waals surface area contributed by atoms with Crippen LogP contribution in [0.3, 0.4) is 0 Å². The Bertz CT molecular complexity index is 287. The number of anilines is 1. The summed E-state index contributed by atoms with van der Waals surface area (Å²) in [5.41, 5.74) is 0.